The average molecular weight is 274 g/mol. The first kappa shape index (κ1) is 13.7. The molecule has 1 aromatic heterocycles. The Kier molecular flexibility index (Phi) is 3.81. The van der Waals surface area contributed by atoms with Gasteiger partial charge >= 0.3 is 0 Å². The standard InChI is InChI=1S/C16H26N4/c1-3-4-12-7-9-20(10-8-12)16-11(2)14(17)18-15(19-16)13-5-6-13/h12-13H,3-10H2,1-2H3,(H2,17,18,19). The molecule has 1 aromatic rings. The van der Waals surface area contributed by atoms with Gasteiger partial charge in [0.15, 0.2) is 0 Å². The summed E-state index contributed by atoms with van der Waals surface area (Å²) in [7, 11) is 0. The predicted octanol–water partition coefficient (Wildman–Crippen LogP) is 3.26. The molecule has 1 aliphatic carbocycles. The number of nitrogen functional groups attached to an aromatic ring is 1. The second kappa shape index (κ2) is 5.58. The molecule has 110 valence electrons. The number of piperidine rings is 1. The molecular weight excluding hydrogens is 248 g/mol. The van der Waals surface area contributed by atoms with Gasteiger partial charge in [-0.25, -0.2) is 9.97 Å². The summed E-state index contributed by atoms with van der Waals surface area (Å²) in [5.41, 5.74) is 7.15. The summed E-state index contributed by atoms with van der Waals surface area (Å²) >= 11 is 0. The topological polar surface area (TPSA) is 55.0 Å². The normalized spacial score (nSPS) is 20.4. The van der Waals surface area contributed by atoms with Crippen LogP contribution in [0.2, 0.25) is 0 Å². The van der Waals surface area contributed by atoms with Crippen LogP contribution in [0.15, 0.2) is 0 Å². The van der Waals surface area contributed by atoms with E-state index in [-0.39, 0.29) is 0 Å². The third kappa shape index (κ3) is 2.74. The number of nitrogens with two attached hydrogens (primary N) is 1. The van der Waals surface area contributed by atoms with Crippen LogP contribution in [0.5, 0.6) is 0 Å². The van der Waals surface area contributed by atoms with Crippen molar-refractivity contribution in [1.82, 2.24) is 9.97 Å². The van der Waals surface area contributed by atoms with Crippen molar-refractivity contribution >= 4 is 11.6 Å². The lowest BCUT2D eigenvalue weighted by Gasteiger charge is -2.33. The van der Waals surface area contributed by atoms with Crippen LogP contribution >= 0.6 is 0 Å². The maximum atomic E-state index is 6.09. The largest absolute Gasteiger partial charge is 0.383 e. The van der Waals surface area contributed by atoms with Crippen LogP contribution in [0.4, 0.5) is 11.6 Å². The van der Waals surface area contributed by atoms with Crippen molar-refractivity contribution in [3.8, 4) is 0 Å². The van der Waals surface area contributed by atoms with Crippen LogP contribution < -0.4 is 10.6 Å². The fourth-order valence-corrected chi connectivity index (χ4v) is 3.21. The van der Waals surface area contributed by atoms with Gasteiger partial charge in [0.05, 0.1) is 0 Å². The monoisotopic (exact) mass is 274 g/mol. The zero-order valence-electron chi connectivity index (χ0n) is 12.7. The smallest absolute Gasteiger partial charge is 0.137 e. The summed E-state index contributed by atoms with van der Waals surface area (Å²) in [5.74, 6) is 4.20. The third-order valence-corrected chi connectivity index (χ3v) is 4.73. The van der Waals surface area contributed by atoms with Crippen LogP contribution in [0, 0.1) is 12.8 Å². The van der Waals surface area contributed by atoms with E-state index in [2.05, 4.69) is 23.7 Å². The molecule has 4 nitrogen and oxygen atoms in total. The minimum atomic E-state index is 0.564. The Morgan fingerprint density at radius 1 is 1.15 bits per heavy atom. The van der Waals surface area contributed by atoms with Gasteiger partial charge in [-0.1, -0.05) is 19.8 Å². The molecule has 0 spiro atoms. The first-order valence-electron chi connectivity index (χ1n) is 8.08. The fraction of sp³-hybridized carbons (Fsp3) is 0.750. The number of anilines is 2. The Bertz CT molecular complexity index is 474. The van der Waals surface area contributed by atoms with Crippen LogP contribution in [0.25, 0.3) is 0 Å². The second-order valence-electron chi connectivity index (χ2n) is 6.41. The van der Waals surface area contributed by atoms with Gasteiger partial charge in [-0.3, -0.25) is 0 Å². The van der Waals surface area contributed by atoms with Gasteiger partial charge in [0.25, 0.3) is 0 Å². The van der Waals surface area contributed by atoms with E-state index in [1.807, 2.05) is 0 Å². The van der Waals surface area contributed by atoms with E-state index in [0.29, 0.717) is 11.7 Å². The van der Waals surface area contributed by atoms with Crippen LogP contribution in [-0.2, 0) is 0 Å². The molecule has 20 heavy (non-hydrogen) atoms. The van der Waals surface area contributed by atoms with Crippen LogP contribution in [0.1, 0.15) is 62.8 Å². The minimum Gasteiger partial charge on any atom is -0.383 e. The van der Waals surface area contributed by atoms with Gasteiger partial charge < -0.3 is 10.6 Å². The summed E-state index contributed by atoms with van der Waals surface area (Å²) < 4.78 is 0. The first-order valence-corrected chi connectivity index (χ1v) is 8.08. The van der Waals surface area contributed by atoms with Gasteiger partial charge in [-0.15, -0.1) is 0 Å². The molecule has 0 amide bonds. The number of aromatic nitrogens is 2. The molecular formula is C16H26N4. The average Bonchev–Trinajstić information content (AvgIpc) is 3.28. The van der Waals surface area contributed by atoms with E-state index in [4.69, 9.17) is 10.7 Å². The van der Waals surface area contributed by atoms with Gasteiger partial charge in [-0.2, -0.15) is 0 Å². The van der Waals surface area contributed by atoms with E-state index >= 15 is 0 Å². The molecule has 1 aliphatic heterocycles. The molecule has 0 unspecified atom stereocenters. The first-order chi connectivity index (χ1) is 9.69. The summed E-state index contributed by atoms with van der Waals surface area (Å²) in [5, 5.41) is 0. The summed E-state index contributed by atoms with van der Waals surface area (Å²) in [6, 6.07) is 0. The Labute approximate surface area is 121 Å². The van der Waals surface area contributed by atoms with Crippen molar-refractivity contribution < 1.29 is 0 Å². The number of nitrogens with zero attached hydrogens (tertiary/aromatic N) is 3. The Hall–Kier alpha value is -1.32. The second-order valence-corrected chi connectivity index (χ2v) is 6.41. The summed E-state index contributed by atoms with van der Waals surface area (Å²) in [6.07, 6.45) is 7.69. The lowest BCUT2D eigenvalue weighted by atomic mass is 9.92. The Morgan fingerprint density at radius 3 is 2.45 bits per heavy atom. The predicted molar refractivity (Wildman–Crippen MR) is 83.0 cm³/mol. The highest BCUT2D eigenvalue weighted by atomic mass is 15.2. The highest BCUT2D eigenvalue weighted by Crippen LogP contribution is 2.40. The maximum Gasteiger partial charge on any atom is 0.137 e. The van der Waals surface area contributed by atoms with Gasteiger partial charge in [0.2, 0.25) is 0 Å². The van der Waals surface area contributed by atoms with Crippen LogP contribution in [0.3, 0.4) is 0 Å². The fourth-order valence-electron chi connectivity index (χ4n) is 3.21. The molecule has 0 bridgehead atoms. The SMILES string of the molecule is CCCC1CCN(c2nc(C3CC3)nc(N)c2C)CC1. The number of hydrogen-bond donors (Lipinski definition) is 1. The van der Waals surface area contributed by atoms with E-state index in [9.17, 15) is 0 Å². The Morgan fingerprint density at radius 2 is 1.85 bits per heavy atom. The Balaban J connectivity index is 1.76. The lowest BCUT2D eigenvalue weighted by molar-refractivity contribution is 0.377. The maximum absolute atomic E-state index is 6.09. The molecule has 2 N–H and O–H groups in total. The van der Waals surface area contributed by atoms with Crippen molar-refractivity contribution in [2.24, 2.45) is 5.92 Å². The van der Waals surface area contributed by atoms with Crippen molar-refractivity contribution in [3.63, 3.8) is 0 Å². The van der Waals surface area contributed by atoms with Crippen molar-refractivity contribution in [2.45, 2.75) is 58.3 Å². The minimum absolute atomic E-state index is 0.564. The van der Waals surface area contributed by atoms with E-state index in [1.165, 1.54) is 38.5 Å². The highest BCUT2D eigenvalue weighted by molar-refractivity contribution is 5.57. The van der Waals surface area contributed by atoms with E-state index in [1.54, 1.807) is 0 Å². The zero-order valence-corrected chi connectivity index (χ0v) is 12.7. The highest BCUT2D eigenvalue weighted by Gasteiger charge is 2.29. The molecule has 2 aliphatic rings. The number of rotatable bonds is 4. The third-order valence-electron chi connectivity index (χ3n) is 4.73. The van der Waals surface area contributed by atoms with Crippen molar-refractivity contribution in [3.05, 3.63) is 11.4 Å². The quantitative estimate of drug-likeness (QED) is 0.915. The number of hydrogen-bond acceptors (Lipinski definition) is 4. The van der Waals surface area contributed by atoms with Crippen molar-refractivity contribution in [2.75, 3.05) is 23.7 Å². The van der Waals surface area contributed by atoms with E-state index in [0.717, 1.165) is 36.2 Å². The van der Waals surface area contributed by atoms with Gasteiger partial charge in [0.1, 0.15) is 17.5 Å². The summed E-state index contributed by atoms with van der Waals surface area (Å²) in [6.45, 7) is 6.57. The van der Waals surface area contributed by atoms with Gasteiger partial charge in [0, 0.05) is 24.6 Å². The van der Waals surface area contributed by atoms with Crippen molar-refractivity contribution in [1.29, 1.82) is 0 Å². The zero-order chi connectivity index (χ0) is 14.1. The molecule has 4 heteroatoms. The molecule has 0 atom stereocenters. The molecule has 2 heterocycles. The molecule has 0 aromatic carbocycles. The lowest BCUT2D eigenvalue weighted by Crippen LogP contribution is -2.35. The van der Waals surface area contributed by atoms with Gasteiger partial charge in [-0.05, 0) is 38.5 Å². The molecule has 2 fully saturated rings. The molecule has 1 saturated heterocycles. The summed E-state index contributed by atoms with van der Waals surface area (Å²) in [4.78, 5) is 11.7. The van der Waals surface area contributed by atoms with E-state index < -0.39 is 0 Å². The molecule has 3 rings (SSSR count). The molecule has 0 radical (unpaired) electrons. The molecule has 1 saturated carbocycles. The van der Waals surface area contributed by atoms with Crippen LogP contribution in [-0.4, -0.2) is 23.1 Å².